The third kappa shape index (κ3) is 3.02. The van der Waals surface area contributed by atoms with Gasteiger partial charge in [0, 0.05) is 35.5 Å². The molecule has 0 atom stereocenters. The lowest BCUT2D eigenvalue weighted by Crippen LogP contribution is -2.27. The van der Waals surface area contributed by atoms with E-state index in [0.717, 1.165) is 16.8 Å². The molecular formula is C15H19N3O. The smallest absolute Gasteiger partial charge is 0.229 e. The summed E-state index contributed by atoms with van der Waals surface area (Å²) in [6.45, 7) is 5.69. The number of nitrogens with zero attached hydrogens (tertiary/aromatic N) is 2. The van der Waals surface area contributed by atoms with Crippen LogP contribution in [0, 0.1) is 5.41 Å². The van der Waals surface area contributed by atoms with Crippen LogP contribution in [0.5, 0.6) is 0 Å². The minimum absolute atomic E-state index is 0.00356. The fourth-order valence-electron chi connectivity index (χ4n) is 1.71. The number of nitrogens with one attached hydrogen (secondary N) is 1. The van der Waals surface area contributed by atoms with Crippen LogP contribution in [0.4, 0.5) is 5.69 Å². The number of benzene rings is 1. The first-order valence-corrected chi connectivity index (χ1v) is 6.27. The van der Waals surface area contributed by atoms with E-state index < -0.39 is 5.41 Å². The maximum Gasteiger partial charge on any atom is 0.229 e. The molecule has 1 aromatic heterocycles. The Morgan fingerprint density at radius 3 is 2.53 bits per heavy atom. The quantitative estimate of drug-likeness (QED) is 0.898. The molecule has 0 saturated heterocycles. The van der Waals surface area contributed by atoms with Gasteiger partial charge in [0.2, 0.25) is 5.91 Å². The van der Waals surface area contributed by atoms with E-state index in [1.165, 1.54) is 0 Å². The molecule has 1 amide bonds. The minimum atomic E-state index is -0.415. The van der Waals surface area contributed by atoms with Crippen LogP contribution in [0.15, 0.2) is 36.7 Å². The van der Waals surface area contributed by atoms with Crippen molar-refractivity contribution in [2.45, 2.75) is 20.8 Å². The van der Waals surface area contributed by atoms with Crippen molar-refractivity contribution in [2.75, 3.05) is 5.32 Å². The summed E-state index contributed by atoms with van der Waals surface area (Å²) in [5.74, 6) is 0.00356. The third-order valence-corrected chi connectivity index (χ3v) is 2.87. The van der Waals surface area contributed by atoms with Crippen LogP contribution in [-0.2, 0) is 11.8 Å². The topological polar surface area (TPSA) is 46.9 Å². The lowest BCUT2D eigenvalue weighted by Gasteiger charge is -2.19. The number of carbonyl (C=O) groups is 1. The molecule has 4 heteroatoms. The number of rotatable bonds is 2. The zero-order chi connectivity index (χ0) is 14.0. The molecule has 0 unspecified atom stereocenters. The van der Waals surface area contributed by atoms with Crippen molar-refractivity contribution < 1.29 is 4.79 Å². The highest BCUT2D eigenvalue weighted by atomic mass is 16.2. The number of anilines is 1. The number of hydrogen-bond donors (Lipinski definition) is 1. The van der Waals surface area contributed by atoms with Gasteiger partial charge >= 0.3 is 0 Å². The van der Waals surface area contributed by atoms with Gasteiger partial charge in [-0.05, 0) is 6.07 Å². The summed E-state index contributed by atoms with van der Waals surface area (Å²) in [7, 11) is 1.87. The zero-order valence-electron chi connectivity index (χ0n) is 11.8. The molecule has 0 aliphatic carbocycles. The third-order valence-electron chi connectivity index (χ3n) is 2.87. The van der Waals surface area contributed by atoms with Crippen molar-refractivity contribution in [1.29, 1.82) is 0 Å². The average Bonchev–Trinajstić information content (AvgIpc) is 2.75. The molecule has 1 N–H and O–H groups in total. The standard InChI is InChI=1S/C15H19N3O/c1-15(2,3)14(19)17-13-8-6-5-7-12(13)11-9-16-18(4)10-11/h5-10H,1-4H3,(H,17,19). The van der Waals surface area contributed by atoms with Crippen molar-refractivity contribution >= 4 is 11.6 Å². The summed E-state index contributed by atoms with van der Waals surface area (Å²) in [6.07, 6.45) is 3.73. The number of para-hydroxylation sites is 1. The van der Waals surface area contributed by atoms with Crippen LogP contribution in [0.1, 0.15) is 20.8 Å². The number of carbonyl (C=O) groups excluding carboxylic acids is 1. The maximum atomic E-state index is 12.1. The Morgan fingerprint density at radius 2 is 1.95 bits per heavy atom. The van der Waals surface area contributed by atoms with Crippen molar-refractivity contribution in [3.05, 3.63) is 36.7 Å². The fraction of sp³-hybridized carbons (Fsp3) is 0.333. The SMILES string of the molecule is Cn1cc(-c2ccccc2NC(=O)C(C)(C)C)cn1. The first-order valence-electron chi connectivity index (χ1n) is 6.27. The molecule has 1 aromatic carbocycles. The van der Waals surface area contributed by atoms with E-state index in [1.807, 2.05) is 58.3 Å². The molecule has 0 bridgehead atoms. The highest BCUT2D eigenvalue weighted by Gasteiger charge is 2.22. The van der Waals surface area contributed by atoms with Gasteiger partial charge in [-0.3, -0.25) is 9.48 Å². The second-order valence-electron chi connectivity index (χ2n) is 5.65. The summed E-state index contributed by atoms with van der Waals surface area (Å²) >= 11 is 0. The van der Waals surface area contributed by atoms with E-state index in [-0.39, 0.29) is 5.91 Å². The summed E-state index contributed by atoms with van der Waals surface area (Å²) < 4.78 is 1.75. The molecule has 0 fully saturated rings. The number of hydrogen-bond acceptors (Lipinski definition) is 2. The average molecular weight is 257 g/mol. The molecule has 2 aromatic rings. The number of aryl methyl sites for hydroxylation is 1. The molecule has 0 radical (unpaired) electrons. The van der Waals surface area contributed by atoms with Gasteiger partial charge in [0.05, 0.1) is 6.20 Å². The lowest BCUT2D eigenvalue weighted by molar-refractivity contribution is -0.123. The van der Waals surface area contributed by atoms with Gasteiger partial charge in [-0.15, -0.1) is 0 Å². The Balaban J connectivity index is 2.35. The van der Waals surface area contributed by atoms with E-state index >= 15 is 0 Å². The van der Waals surface area contributed by atoms with Crippen molar-refractivity contribution in [2.24, 2.45) is 12.5 Å². The minimum Gasteiger partial charge on any atom is -0.325 e. The predicted octanol–water partition coefficient (Wildman–Crippen LogP) is 3.07. The van der Waals surface area contributed by atoms with Gasteiger partial charge in [-0.1, -0.05) is 39.0 Å². The first-order chi connectivity index (χ1) is 8.88. The summed E-state index contributed by atoms with van der Waals surface area (Å²) in [6, 6.07) is 7.76. The Bertz CT molecular complexity index is 593. The summed E-state index contributed by atoms with van der Waals surface area (Å²) in [5.41, 5.74) is 2.37. The van der Waals surface area contributed by atoms with Crippen LogP contribution < -0.4 is 5.32 Å². The van der Waals surface area contributed by atoms with Gasteiger partial charge < -0.3 is 5.32 Å². The lowest BCUT2D eigenvalue weighted by atomic mass is 9.95. The van der Waals surface area contributed by atoms with E-state index in [0.29, 0.717) is 0 Å². The van der Waals surface area contributed by atoms with E-state index in [1.54, 1.807) is 10.9 Å². The van der Waals surface area contributed by atoms with Crippen LogP contribution in [0.3, 0.4) is 0 Å². The molecule has 19 heavy (non-hydrogen) atoms. The maximum absolute atomic E-state index is 12.1. The molecule has 2 rings (SSSR count). The largest absolute Gasteiger partial charge is 0.325 e. The Morgan fingerprint density at radius 1 is 1.26 bits per heavy atom. The Kier molecular flexibility index (Phi) is 3.42. The van der Waals surface area contributed by atoms with Crippen molar-refractivity contribution in [3.8, 4) is 11.1 Å². The molecular weight excluding hydrogens is 238 g/mol. The number of amides is 1. The second kappa shape index (κ2) is 4.88. The van der Waals surface area contributed by atoms with Crippen molar-refractivity contribution in [3.63, 3.8) is 0 Å². The highest BCUT2D eigenvalue weighted by molar-refractivity contribution is 5.98. The first kappa shape index (κ1) is 13.3. The zero-order valence-corrected chi connectivity index (χ0v) is 11.8. The van der Waals surface area contributed by atoms with Crippen LogP contribution in [-0.4, -0.2) is 15.7 Å². The molecule has 0 spiro atoms. The van der Waals surface area contributed by atoms with Crippen LogP contribution in [0.25, 0.3) is 11.1 Å². The second-order valence-corrected chi connectivity index (χ2v) is 5.65. The van der Waals surface area contributed by atoms with Crippen LogP contribution in [0.2, 0.25) is 0 Å². The monoisotopic (exact) mass is 257 g/mol. The normalized spacial score (nSPS) is 11.4. The predicted molar refractivity (Wildman–Crippen MR) is 76.7 cm³/mol. The molecule has 0 saturated carbocycles. The van der Waals surface area contributed by atoms with Gasteiger partial charge in [-0.25, -0.2) is 0 Å². The molecule has 0 aliphatic heterocycles. The molecule has 1 heterocycles. The number of aromatic nitrogens is 2. The molecule has 0 aliphatic rings. The summed E-state index contributed by atoms with van der Waals surface area (Å²) in [4.78, 5) is 12.1. The van der Waals surface area contributed by atoms with Gasteiger partial charge in [-0.2, -0.15) is 5.10 Å². The van der Waals surface area contributed by atoms with E-state index in [2.05, 4.69) is 10.4 Å². The van der Waals surface area contributed by atoms with Gasteiger partial charge in [0.25, 0.3) is 0 Å². The van der Waals surface area contributed by atoms with Crippen LogP contribution >= 0.6 is 0 Å². The Hall–Kier alpha value is -2.10. The highest BCUT2D eigenvalue weighted by Crippen LogP contribution is 2.28. The van der Waals surface area contributed by atoms with Gasteiger partial charge in [0.1, 0.15) is 0 Å². The summed E-state index contributed by atoms with van der Waals surface area (Å²) in [5, 5.41) is 7.15. The van der Waals surface area contributed by atoms with E-state index in [9.17, 15) is 4.79 Å². The Labute approximate surface area is 113 Å². The van der Waals surface area contributed by atoms with E-state index in [4.69, 9.17) is 0 Å². The fourth-order valence-corrected chi connectivity index (χ4v) is 1.71. The molecule has 100 valence electrons. The van der Waals surface area contributed by atoms with Gasteiger partial charge in [0.15, 0.2) is 0 Å². The van der Waals surface area contributed by atoms with Crippen molar-refractivity contribution in [1.82, 2.24) is 9.78 Å². The molecule has 4 nitrogen and oxygen atoms in total.